The summed E-state index contributed by atoms with van der Waals surface area (Å²) in [7, 11) is -3.55. The van der Waals surface area contributed by atoms with Crippen molar-refractivity contribution in [2.24, 2.45) is 0 Å². The summed E-state index contributed by atoms with van der Waals surface area (Å²) in [5.41, 5.74) is 0.435. The first-order chi connectivity index (χ1) is 11.9. The smallest absolute Gasteiger partial charge is 0.251 e. The highest BCUT2D eigenvalue weighted by molar-refractivity contribution is 7.89. The Labute approximate surface area is 148 Å². The fraction of sp³-hybridized carbons (Fsp3) is 0.412. The minimum atomic E-state index is -3.55. The molecular formula is C17H24N4O3S. The predicted octanol–water partition coefficient (Wildman–Crippen LogP) is 1.78. The molecule has 7 nitrogen and oxygen atoms in total. The second-order valence-electron chi connectivity index (χ2n) is 5.86. The monoisotopic (exact) mass is 364 g/mol. The third kappa shape index (κ3) is 5.68. The zero-order valence-electron chi connectivity index (χ0n) is 14.5. The van der Waals surface area contributed by atoms with Crippen LogP contribution in [0.5, 0.6) is 0 Å². The zero-order valence-corrected chi connectivity index (χ0v) is 15.3. The van der Waals surface area contributed by atoms with E-state index >= 15 is 0 Å². The number of aromatic nitrogens is 2. The number of carbonyl (C=O) groups excluding carboxylic acids is 1. The lowest BCUT2D eigenvalue weighted by Crippen LogP contribution is -2.32. The Hall–Kier alpha value is -2.19. The number of amides is 1. The number of nitrogens with zero attached hydrogens (tertiary/aromatic N) is 2. The van der Waals surface area contributed by atoms with Gasteiger partial charge in [0.05, 0.1) is 11.2 Å². The predicted molar refractivity (Wildman–Crippen MR) is 95.7 cm³/mol. The molecule has 2 N–H and O–H groups in total. The fourth-order valence-corrected chi connectivity index (χ4v) is 3.51. The van der Waals surface area contributed by atoms with Crippen molar-refractivity contribution in [3.05, 3.63) is 48.5 Å². The Morgan fingerprint density at radius 3 is 2.60 bits per heavy atom. The van der Waals surface area contributed by atoms with Gasteiger partial charge in [-0.15, -0.1) is 0 Å². The van der Waals surface area contributed by atoms with Gasteiger partial charge in [-0.3, -0.25) is 4.79 Å². The molecule has 0 spiro atoms. The van der Waals surface area contributed by atoms with E-state index in [2.05, 4.69) is 15.0 Å². The Bertz CT molecular complexity index is 771. The van der Waals surface area contributed by atoms with Crippen molar-refractivity contribution in [3.8, 4) is 0 Å². The lowest BCUT2D eigenvalue weighted by Gasteiger charge is -2.12. The molecule has 1 aromatic heterocycles. The normalized spacial score (nSPS) is 12.7. The summed E-state index contributed by atoms with van der Waals surface area (Å²) in [4.78, 5) is 16.2. The molecule has 1 amide bonds. The summed E-state index contributed by atoms with van der Waals surface area (Å²) in [6.45, 7) is 5.03. The maximum atomic E-state index is 12.2. The zero-order chi connectivity index (χ0) is 18.3. The van der Waals surface area contributed by atoms with Crippen molar-refractivity contribution in [1.29, 1.82) is 0 Å². The van der Waals surface area contributed by atoms with E-state index in [0.717, 1.165) is 13.0 Å². The number of nitrogens with one attached hydrogen (secondary N) is 2. The third-order valence-electron chi connectivity index (χ3n) is 3.83. The van der Waals surface area contributed by atoms with Crippen molar-refractivity contribution < 1.29 is 13.2 Å². The Kier molecular flexibility index (Phi) is 6.72. The summed E-state index contributed by atoms with van der Waals surface area (Å²) in [5.74, 6) is -0.218. The van der Waals surface area contributed by atoms with Crippen LogP contribution < -0.4 is 10.0 Å². The fourth-order valence-electron chi connectivity index (χ4n) is 2.19. The average Bonchev–Trinajstić information content (AvgIpc) is 3.11. The van der Waals surface area contributed by atoms with Gasteiger partial charge in [0.1, 0.15) is 0 Å². The van der Waals surface area contributed by atoms with Gasteiger partial charge in [-0.1, -0.05) is 6.92 Å². The number of imidazole rings is 1. The maximum Gasteiger partial charge on any atom is 0.251 e. The van der Waals surface area contributed by atoms with Gasteiger partial charge in [0.15, 0.2) is 0 Å². The molecule has 0 radical (unpaired) electrons. The van der Waals surface area contributed by atoms with Crippen LogP contribution in [0.1, 0.15) is 37.0 Å². The van der Waals surface area contributed by atoms with Crippen molar-refractivity contribution in [2.75, 3.05) is 6.54 Å². The molecule has 1 aromatic carbocycles. The molecule has 8 heteroatoms. The first-order valence-corrected chi connectivity index (χ1v) is 9.77. The molecule has 2 aromatic rings. The maximum absolute atomic E-state index is 12.2. The molecule has 0 aliphatic carbocycles. The van der Waals surface area contributed by atoms with Crippen LogP contribution in [-0.2, 0) is 16.6 Å². The number of sulfonamides is 1. The molecule has 25 heavy (non-hydrogen) atoms. The first-order valence-electron chi connectivity index (χ1n) is 8.28. The molecule has 0 aliphatic heterocycles. The number of aryl methyl sites for hydroxylation is 1. The minimum absolute atomic E-state index is 0.136. The summed E-state index contributed by atoms with van der Waals surface area (Å²) in [6.07, 6.45) is 6.80. The Morgan fingerprint density at radius 1 is 1.28 bits per heavy atom. The van der Waals surface area contributed by atoms with Gasteiger partial charge >= 0.3 is 0 Å². The van der Waals surface area contributed by atoms with E-state index in [1.54, 1.807) is 12.5 Å². The van der Waals surface area contributed by atoms with Gasteiger partial charge in [-0.05, 0) is 44.0 Å². The molecule has 1 unspecified atom stereocenters. The van der Waals surface area contributed by atoms with Gasteiger partial charge < -0.3 is 9.88 Å². The highest BCUT2D eigenvalue weighted by atomic mass is 32.2. The van der Waals surface area contributed by atoms with E-state index in [9.17, 15) is 13.2 Å². The van der Waals surface area contributed by atoms with Crippen LogP contribution in [0.15, 0.2) is 47.9 Å². The van der Waals surface area contributed by atoms with Gasteiger partial charge in [-0.2, -0.15) is 0 Å². The van der Waals surface area contributed by atoms with Gasteiger partial charge in [0, 0.05) is 37.1 Å². The third-order valence-corrected chi connectivity index (χ3v) is 5.44. The Morgan fingerprint density at radius 2 is 2.00 bits per heavy atom. The van der Waals surface area contributed by atoms with Crippen molar-refractivity contribution in [1.82, 2.24) is 19.6 Å². The number of hydrogen-bond donors (Lipinski definition) is 2. The highest BCUT2D eigenvalue weighted by Crippen LogP contribution is 2.11. The molecule has 1 atom stereocenters. The van der Waals surface area contributed by atoms with Crippen LogP contribution in [0.3, 0.4) is 0 Å². The van der Waals surface area contributed by atoms with E-state index in [4.69, 9.17) is 0 Å². The van der Waals surface area contributed by atoms with Crippen LogP contribution in [0.4, 0.5) is 0 Å². The van der Waals surface area contributed by atoms with E-state index in [1.807, 2.05) is 24.6 Å². The topological polar surface area (TPSA) is 93.1 Å². The summed E-state index contributed by atoms with van der Waals surface area (Å²) < 4.78 is 28.9. The lowest BCUT2D eigenvalue weighted by atomic mass is 10.2. The van der Waals surface area contributed by atoms with Gasteiger partial charge in [0.25, 0.3) is 5.91 Å². The van der Waals surface area contributed by atoms with Gasteiger partial charge in [-0.25, -0.2) is 18.1 Å². The molecule has 0 saturated carbocycles. The standard InChI is InChI=1S/C17H24N4O3S/c1-3-14(2)20-25(23,24)16-7-5-15(6-8-16)17(22)19-9-4-11-21-12-10-18-13-21/h5-8,10,12-14,20H,3-4,9,11H2,1-2H3,(H,19,22). The highest BCUT2D eigenvalue weighted by Gasteiger charge is 2.17. The largest absolute Gasteiger partial charge is 0.352 e. The molecular weight excluding hydrogens is 340 g/mol. The molecule has 1 heterocycles. The summed E-state index contributed by atoms with van der Waals surface area (Å²) in [6, 6.07) is 5.81. The molecule has 0 aliphatic rings. The molecule has 0 saturated heterocycles. The van der Waals surface area contributed by atoms with Crippen molar-refractivity contribution >= 4 is 15.9 Å². The van der Waals surface area contributed by atoms with Crippen LogP contribution >= 0.6 is 0 Å². The second kappa shape index (κ2) is 8.77. The van der Waals surface area contributed by atoms with E-state index < -0.39 is 10.0 Å². The van der Waals surface area contributed by atoms with Crippen molar-refractivity contribution in [2.45, 2.75) is 44.2 Å². The quantitative estimate of drug-likeness (QED) is 0.663. The molecule has 136 valence electrons. The first kappa shape index (κ1) is 19.1. The SMILES string of the molecule is CCC(C)NS(=O)(=O)c1ccc(C(=O)NCCCn2ccnc2)cc1. The summed E-state index contributed by atoms with van der Waals surface area (Å²) >= 11 is 0. The Balaban J connectivity index is 1.87. The molecule has 0 bridgehead atoms. The van der Waals surface area contributed by atoms with Crippen LogP contribution in [0.25, 0.3) is 0 Å². The van der Waals surface area contributed by atoms with E-state index in [1.165, 1.54) is 24.3 Å². The van der Waals surface area contributed by atoms with Gasteiger partial charge in [0.2, 0.25) is 10.0 Å². The number of carbonyl (C=O) groups is 1. The molecule has 0 fully saturated rings. The van der Waals surface area contributed by atoms with Crippen LogP contribution in [0, 0.1) is 0 Å². The second-order valence-corrected chi connectivity index (χ2v) is 7.58. The van der Waals surface area contributed by atoms with E-state index in [0.29, 0.717) is 18.5 Å². The minimum Gasteiger partial charge on any atom is -0.352 e. The van der Waals surface area contributed by atoms with Crippen molar-refractivity contribution in [3.63, 3.8) is 0 Å². The van der Waals surface area contributed by atoms with E-state index in [-0.39, 0.29) is 16.8 Å². The number of hydrogen-bond acceptors (Lipinski definition) is 4. The number of rotatable bonds is 9. The summed E-state index contributed by atoms with van der Waals surface area (Å²) in [5, 5.41) is 2.82. The van der Waals surface area contributed by atoms with Crippen LogP contribution in [0.2, 0.25) is 0 Å². The van der Waals surface area contributed by atoms with Crippen LogP contribution in [-0.4, -0.2) is 36.5 Å². The lowest BCUT2D eigenvalue weighted by molar-refractivity contribution is 0.0952. The average molecular weight is 364 g/mol. The molecule has 2 rings (SSSR count). The number of benzene rings is 1.